The van der Waals surface area contributed by atoms with E-state index >= 15 is 0 Å². The summed E-state index contributed by atoms with van der Waals surface area (Å²) >= 11 is 6.00. The molecule has 22 heavy (non-hydrogen) atoms. The second kappa shape index (κ2) is 6.01. The van der Waals surface area contributed by atoms with Gasteiger partial charge in [-0.1, -0.05) is 22.8 Å². The van der Waals surface area contributed by atoms with Crippen LogP contribution in [0.5, 0.6) is 0 Å². The number of rotatable bonds is 2. The molecule has 0 bridgehead atoms. The Hall–Kier alpha value is -2.01. The fourth-order valence-electron chi connectivity index (χ4n) is 2.72. The van der Waals surface area contributed by atoms with Crippen LogP contribution in [-0.4, -0.2) is 22.6 Å². The lowest BCUT2D eigenvalue weighted by atomic mass is 10.0. The summed E-state index contributed by atoms with van der Waals surface area (Å²) in [5.41, 5.74) is 4.14. The molecule has 0 unspecified atom stereocenters. The molecule has 1 aromatic heterocycles. The third-order valence-corrected chi connectivity index (χ3v) is 4.30. The quantitative estimate of drug-likeness (QED) is 0.924. The largest absolute Gasteiger partial charge is 0.361 e. The maximum absolute atomic E-state index is 12.3. The Bertz CT molecular complexity index is 692. The van der Waals surface area contributed by atoms with Gasteiger partial charge in [0, 0.05) is 30.2 Å². The van der Waals surface area contributed by atoms with Gasteiger partial charge < -0.3 is 14.7 Å². The number of amides is 2. The highest BCUT2D eigenvalue weighted by Crippen LogP contribution is 2.22. The van der Waals surface area contributed by atoms with Crippen LogP contribution in [-0.2, 0) is 19.5 Å². The van der Waals surface area contributed by atoms with Crippen molar-refractivity contribution in [3.05, 3.63) is 51.4 Å². The van der Waals surface area contributed by atoms with Crippen LogP contribution in [0.3, 0.4) is 0 Å². The van der Waals surface area contributed by atoms with E-state index in [1.165, 1.54) is 5.56 Å². The number of nitrogens with zero attached hydrogens (tertiary/aromatic N) is 2. The third-order valence-electron chi connectivity index (χ3n) is 4.07. The number of urea groups is 1. The highest BCUT2D eigenvalue weighted by molar-refractivity contribution is 6.30. The molecule has 116 valence electrons. The minimum atomic E-state index is -0.0689. The van der Waals surface area contributed by atoms with Crippen LogP contribution in [0.1, 0.15) is 28.1 Å². The first-order valence-corrected chi connectivity index (χ1v) is 7.64. The molecule has 2 amide bonds. The molecule has 1 aromatic carbocycles. The lowest BCUT2D eigenvalue weighted by Crippen LogP contribution is -2.42. The van der Waals surface area contributed by atoms with Crippen LogP contribution < -0.4 is 5.32 Å². The summed E-state index contributed by atoms with van der Waals surface area (Å²) in [5, 5.41) is 7.58. The molecule has 1 N–H and O–H groups in total. The van der Waals surface area contributed by atoms with Gasteiger partial charge >= 0.3 is 6.03 Å². The monoisotopic (exact) mass is 319 g/mol. The van der Waals surface area contributed by atoms with E-state index in [1.54, 1.807) is 0 Å². The number of aromatic nitrogens is 1. The predicted octanol–water partition coefficient (Wildman–Crippen LogP) is 3.21. The standard InChI is InChI=1S/C16H18ClN3O2/c1-10-15(11(2)22-19-10)8-18-16(21)20-6-5-12-7-14(17)4-3-13(12)9-20/h3-4,7H,5-6,8-9H2,1-2H3,(H,18,21). The van der Waals surface area contributed by atoms with Gasteiger partial charge in [-0.2, -0.15) is 0 Å². The molecular formula is C16H18ClN3O2. The van der Waals surface area contributed by atoms with Gasteiger partial charge in [0.15, 0.2) is 0 Å². The number of halogens is 1. The maximum atomic E-state index is 12.3. The highest BCUT2D eigenvalue weighted by atomic mass is 35.5. The number of carbonyl (C=O) groups is 1. The molecule has 6 heteroatoms. The summed E-state index contributed by atoms with van der Waals surface area (Å²) in [4.78, 5) is 14.1. The molecule has 0 radical (unpaired) electrons. The molecule has 1 aliphatic rings. The molecule has 3 rings (SSSR count). The number of carbonyl (C=O) groups excluding carboxylic acids is 1. The zero-order valence-corrected chi connectivity index (χ0v) is 13.4. The van der Waals surface area contributed by atoms with Gasteiger partial charge in [-0.15, -0.1) is 0 Å². The van der Waals surface area contributed by atoms with Gasteiger partial charge in [0.2, 0.25) is 0 Å². The zero-order chi connectivity index (χ0) is 15.7. The van der Waals surface area contributed by atoms with Crippen LogP contribution in [0.2, 0.25) is 5.02 Å². The average Bonchev–Trinajstić information content (AvgIpc) is 2.83. The maximum Gasteiger partial charge on any atom is 0.317 e. The van der Waals surface area contributed by atoms with Crippen molar-refractivity contribution in [3.63, 3.8) is 0 Å². The van der Waals surface area contributed by atoms with Crippen molar-refractivity contribution in [2.24, 2.45) is 0 Å². The van der Waals surface area contributed by atoms with Gasteiger partial charge in [0.1, 0.15) is 5.76 Å². The van der Waals surface area contributed by atoms with Crippen molar-refractivity contribution in [3.8, 4) is 0 Å². The van der Waals surface area contributed by atoms with Crippen LogP contribution >= 0.6 is 11.6 Å². The zero-order valence-electron chi connectivity index (χ0n) is 12.6. The molecule has 5 nitrogen and oxygen atoms in total. The van der Waals surface area contributed by atoms with Gasteiger partial charge in [-0.05, 0) is 43.5 Å². The molecule has 0 aliphatic carbocycles. The summed E-state index contributed by atoms with van der Waals surface area (Å²) in [5.74, 6) is 0.747. The minimum absolute atomic E-state index is 0.0689. The Labute approximate surface area is 134 Å². The van der Waals surface area contributed by atoms with Gasteiger partial charge in [0.05, 0.1) is 5.69 Å². The van der Waals surface area contributed by atoms with Crippen LogP contribution in [0.25, 0.3) is 0 Å². The van der Waals surface area contributed by atoms with Crippen molar-refractivity contribution in [1.82, 2.24) is 15.4 Å². The molecule has 0 saturated heterocycles. The van der Waals surface area contributed by atoms with E-state index in [0.29, 0.717) is 19.6 Å². The second-order valence-electron chi connectivity index (χ2n) is 5.55. The Morgan fingerprint density at radius 3 is 2.95 bits per heavy atom. The fourth-order valence-corrected chi connectivity index (χ4v) is 2.92. The lowest BCUT2D eigenvalue weighted by molar-refractivity contribution is 0.192. The number of nitrogens with one attached hydrogen (secondary N) is 1. The first kappa shape index (κ1) is 14.9. The molecule has 0 spiro atoms. The smallest absolute Gasteiger partial charge is 0.317 e. The van der Waals surface area contributed by atoms with Crippen molar-refractivity contribution in [2.75, 3.05) is 6.54 Å². The summed E-state index contributed by atoms with van der Waals surface area (Å²) in [6.07, 6.45) is 0.828. The fraction of sp³-hybridized carbons (Fsp3) is 0.375. The van der Waals surface area contributed by atoms with Crippen LogP contribution in [0.4, 0.5) is 4.79 Å². The summed E-state index contributed by atoms with van der Waals surface area (Å²) < 4.78 is 5.10. The van der Waals surface area contributed by atoms with Gasteiger partial charge in [-0.25, -0.2) is 4.79 Å². The Morgan fingerprint density at radius 2 is 2.23 bits per heavy atom. The molecule has 0 atom stereocenters. The Balaban J connectivity index is 1.63. The van der Waals surface area contributed by atoms with E-state index in [-0.39, 0.29) is 6.03 Å². The topological polar surface area (TPSA) is 58.4 Å². The molecule has 1 aliphatic heterocycles. The van der Waals surface area contributed by atoms with E-state index in [1.807, 2.05) is 36.9 Å². The second-order valence-corrected chi connectivity index (χ2v) is 5.98. The predicted molar refractivity (Wildman–Crippen MR) is 83.8 cm³/mol. The number of hydrogen-bond acceptors (Lipinski definition) is 3. The van der Waals surface area contributed by atoms with Crippen molar-refractivity contribution < 1.29 is 9.32 Å². The molecule has 2 heterocycles. The molecular weight excluding hydrogens is 302 g/mol. The van der Waals surface area contributed by atoms with E-state index in [2.05, 4.69) is 10.5 Å². The highest BCUT2D eigenvalue weighted by Gasteiger charge is 2.21. The van der Waals surface area contributed by atoms with Crippen molar-refractivity contribution in [1.29, 1.82) is 0 Å². The van der Waals surface area contributed by atoms with Gasteiger partial charge in [-0.3, -0.25) is 0 Å². The summed E-state index contributed by atoms with van der Waals surface area (Å²) in [7, 11) is 0. The SMILES string of the molecule is Cc1noc(C)c1CNC(=O)N1CCc2cc(Cl)ccc2C1. The summed E-state index contributed by atoms with van der Waals surface area (Å²) in [6.45, 7) is 5.46. The molecule has 2 aromatic rings. The molecule has 0 saturated carbocycles. The van der Waals surface area contributed by atoms with E-state index < -0.39 is 0 Å². The number of hydrogen-bond donors (Lipinski definition) is 1. The molecule has 0 fully saturated rings. The number of fused-ring (bicyclic) bond motifs is 1. The first-order valence-electron chi connectivity index (χ1n) is 7.26. The van der Waals surface area contributed by atoms with Crippen molar-refractivity contribution >= 4 is 17.6 Å². The van der Waals surface area contributed by atoms with E-state index in [9.17, 15) is 4.79 Å². The Kier molecular flexibility index (Phi) is 4.07. The first-order chi connectivity index (χ1) is 10.5. The van der Waals surface area contributed by atoms with Crippen LogP contribution in [0.15, 0.2) is 22.7 Å². The van der Waals surface area contributed by atoms with Crippen LogP contribution in [0, 0.1) is 13.8 Å². The van der Waals surface area contributed by atoms with Crippen molar-refractivity contribution in [2.45, 2.75) is 33.4 Å². The number of aryl methyl sites for hydroxylation is 2. The normalized spacial score (nSPS) is 13.9. The Morgan fingerprint density at radius 1 is 1.41 bits per heavy atom. The third kappa shape index (κ3) is 2.95. The van der Waals surface area contributed by atoms with Gasteiger partial charge in [0.25, 0.3) is 0 Å². The van der Waals surface area contributed by atoms with E-state index in [0.717, 1.165) is 34.0 Å². The van der Waals surface area contributed by atoms with E-state index in [4.69, 9.17) is 16.1 Å². The summed E-state index contributed by atoms with van der Waals surface area (Å²) in [6, 6.07) is 5.77. The minimum Gasteiger partial charge on any atom is -0.361 e. The number of benzene rings is 1. The lowest BCUT2D eigenvalue weighted by Gasteiger charge is -2.29. The average molecular weight is 320 g/mol.